The van der Waals surface area contributed by atoms with Gasteiger partial charge >= 0.3 is 0 Å². The van der Waals surface area contributed by atoms with Crippen LogP contribution in [0.2, 0.25) is 0 Å². The van der Waals surface area contributed by atoms with Gasteiger partial charge in [0.1, 0.15) is 5.76 Å². The van der Waals surface area contributed by atoms with E-state index in [0.29, 0.717) is 5.92 Å². The van der Waals surface area contributed by atoms with Crippen molar-refractivity contribution in [1.29, 1.82) is 0 Å². The van der Waals surface area contributed by atoms with E-state index in [2.05, 4.69) is 18.9 Å². The average molecular weight is 210 g/mol. The number of hydrogen-bond acceptors (Lipinski definition) is 3. The number of aryl methyl sites for hydroxylation is 1. The van der Waals surface area contributed by atoms with Crippen LogP contribution in [0.5, 0.6) is 0 Å². The minimum Gasteiger partial charge on any atom is -0.469 e. The molecule has 1 heterocycles. The van der Waals surface area contributed by atoms with Crippen molar-refractivity contribution in [3.05, 3.63) is 23.7 Å². The summed E-state index contributed by atoms with van der Waals surface area (Å²) in [6.07, 6.45) is 2.89. The molecule has 1 unspecified atom stereocenters. The first-order valence-corrected chi connectivity index (χ1v) is 5.59. The summed E-state index contributed by atoms with van der Waals surface area (Å²) in [5, 5.41) is 0. The lowest BCUT2D eigenvalue weighted by Crippen LogP contribution is -2.29. The van der Waals surface area contributed by atoms with Crippen LogP contribution >= 0.6 is 0 Å². The summed E-state index contributed by atoms with van der Waals surface area (Å²) < 4.78 is 5.27. The third kappa shape index (κ3) is 3.68. The second-order valence-corrected chi connectivity index (χ2v) is 4.21. The molecule has 1 aromatic heterocycles. The van der Waals surface area contributed by atoms with Crippen molar-refractivity contribution in [1.82, 2.24) is 4.90 Å². The molecular weight excluding hydrogens is 188 g/mol. The van der Waals surface area contributed by atoms with E-state index < -0.39 is 0 Å². The highest BCUT2D eigenvalue weighted by Gasteiger charge is 2.10. The number of nitrogens with zero attached hydrogens (tertiary/aromatic N) is 1. The van der Waals surface area contributed by atoms with Gasteiger partial charge in [0.25, 0.3) is 0 Å². The normalized spacial score (nSPS) is 13.4. The Kier molecular flexibility index (Phi) is 4.85. The number of hydrogen-bond donors (Lipinski definition) is 1. The molecule has 0 radical (unpaired) electrons. The molecule has 0 aromatic carbocycles. The van der Waals surface area contributed by atoms with Crippen LogP contribution in [0.15, 0.2) is 16.7 Å². The molecule has 3 heteroatoms. The number of furan rings is 1. The maximum atomic E-state index is 5.69. The van der Waals surface area contributed by atoms with Crippen LogP contribution in [0.4, 0.5) is 0 Å². The van der Waals surface area contributed by atoms with Crippen LogP contribution < -0.4 is 5.73 Å². The summed E-state index contributed by atoms with van der Waals surface area (Å²) in [4.78, 5) is 2.30. The standard InChI is InChI=1S/C12H22N2O/c1-4-11(7-13)8-14(3)9-12-5-6-15-10(12)2/h5-6,11H,4,7-9,13H2,1-3H3. The second-order valence-electron chi connectivity index (χ2n) is 4.21. The Labute approximate surface area is 92.2 Å². The fourth-order valence-electron chi connectivity index (χ4n) is 1.74. The maximum Gasteiger partial charge on any atom is 0.105 e. The van der Waals surface area contributed by atoms with E-state index >= 15 is 0 Å². The minimum absolute atomic E-state index is 0.599. The molecule has 1 aromatic rings. The van der Waals surface area contributed by atoms with Crippen molar-refractivity contribution in [2.24, 2.45) is 11.7 Å². The summed E-state index contributed by atoms with van der Waals surface area (Å²) in [7, 11) is 2.13. The highest BCUT2D eigenvalue weighted by Crippen LogP contribution is 2.12. The first-order valence-electron chi connectivity index (χ1n) is 5.59. The van der Waals surface area contributed by atoms with E-state index in [1.807, 2.05) is 13.0 Å². The monoisotopic (exact) mass is 210 g/mol. The number of rotatable bonds is 6. The SMILES string of the molecule is CCC(CN)CN(C)Cc1ccoc1C. The van der Waals surface area contributed by atoms with Crippen LogP contribution in [0.1, 0.15) is 24.7 Å². The van der Waals surface area contributed by atoms with Crippen molar-refractivity contribution in [3.63, 3.8) is 0 Å². The quantitative estimate of drug-likeness (QED) is 0.781. The molecule has 0 bridgehead atoms. The van der Waals surface area contributed by atoms with Crippen LogP contribution in [0.25, 0.3) is 0 Å². The Morgan fingerprint density at radius 1 is 1.53 bits per heavy atom. The smallest absolute Gasteiger partial charge is 0.105 e. The molecular formula is C12H22N2O. The molecule has 2 N–H and O–H groups in total. The highest BCUT2D eigenvalue weighted by atomic mass is 16.3. The third-order valence-electron chi connectivity index (χ3n) is 2.89. The summed E-state index contributed by atoms with van der Waals surface area (Å²) >= 11 is 0. The van der Waals surface area contributed by atoms with E-state index in [4.69, 9.17) is 10.2 Å². The topological polar surface area (TPSA) is 42.4 Å². The van der Waals surface area contributed by atoms with Gasteiger partial charge in [-0.25, -0.2) is 0 Å². The molecule has 0 saturated heterocycles. The van der Waals surface area contributed by atoms with Gasteiger partial charge < -0.3 is 15.1 Å². The van der Waals surface area contributed by atoms with E-state index in [1.54, 1.807) is 6.26 Å². The molecule has 0 fully saturated rings. The van der Waals surface area contributed by atoms with Crippen molar-refractivity contribution < 1.29 is 4.42 Å². The molecule has 1 rings (SSSR count). The van der Waals surface area contributed by atoms with Crippen molar-refractivity contribution in [2.75, 3.05) is 20.1 Å². The zero-order valence-electron chi connectivity index (χ0n) is 9.99. The molecule has 0 amide bonds. The van der Waals surface area contributed by atoms with Crippen LogP contribution in [-0.4, -0.2) is 25.0 Å². The first kappa shape index (κ1) is 12.3. The van der Waals surface area contributed by atoms with Gasteiger partial charge in [-0.1, -0.05) is 13.3 Å². The van der Waals surface area contributed by atoms with Gasteiger partial charge in [-0.2, -0.15) is 0 Å². The van der Waals surface area contributed by atoms with Crippen molar-refractivity contribution in [2.45, 2.75) is 26.8 Å². The third-order valence-corrected chi connectivity index (χ3v) is 2.89. The molecule has 3 nitrogen and oxygen atoms in total. The first-order chi connectivity index (χ1) is 7.17. The maximum absolute atomic E-state index is 5.69. The Balaban J connectivity index is 2.42. The summed E-state index contributed by atoms with van der Waals surface area (Å²) in [5.41, 5.74) is 6.96. The van der Waals surface area contributed by atoms with E-state index in [0.717, 1.165) is 31.8 Å². The predicted molar refractivity (Wildman–Crippen MR) is 62.6 cm³/mol. The van der Waals surface area contributed by atoms with Crippen LogP contribution in [0, 0.1) is 12.8 Å². The minimum atomic E-state index is 0.599. The molecule has 1 atom stereocenters. The molecule has 15 heavy (non-hydrogen) atoms. The fourth-order valence-corrected chi connectivity index (χ4v) is 1.74. The lowest BCUT2D eigenvalue weighted by Gasteiger charge is -2.21. The summed E-state index contributed by atoms with van der Waals surface area (Å²) in [6.45, 7) is 6.96. The molecule has 0 saturated carbocycles. The van der Waals surface area contributed by atoms with Gasteiger partial charge in [0.15, 0.2) is 0 Å². The van der Waals surface area contributed by atoms with Gasteiger partial charge in [0.2, 0.25) is 0 Å². The zero-order valence-corrected chi connectivity index (χ0v) is 9.99. The zero-order chi connectivity index (χ0) is 11.3. The molecule has 0 aliphatic heterocycles. The van der Waals surface area contributed by atoms with Crippen LogP contribution in [0.3, 0.4) is 0 Å². The van der Waals surface area contributed by atoms with Crippen LogP contribution in [-0.2, 0) is 6.54 Å². The van der Waals surface area contributed by atoms with Gasteiger partial charge in [0, 0.05) is 18.7 Å². The summed E-state index contributed by atoms with van der Waals surface area (Å²) in [6, 6.07) is 2.04. The summed E-state index contributed by atoms with van der Waals surface area (Å²) in [5.74, 6) is 1.62. The molecule has 0 spiro atoms. The second kappa shape index (κ2) is 5.93. The van der Waals surface area contributed by atoms with Crippen molar-refractivity contribution in [3.8, 4) is 0 Å². The molecule has 0 aliphatic carbocycles. The largest absolute Gasteiger partial charge is 0.469 e. The van der Waals surface area contributed by atoms with E-state index in [1.165, 1.54) is 5.56 Å². The van der Waals surface area contributed by atoms with Gasteiger partial charge in [-0.05, 0) is 32.5 Å². The lowest BCUT2D eigenvalue weighted by atomic mass is 10.1. The predicted octanol–water partition coefficient (Wildman–Crippen LogP) is 2.00. The van der Waals surface area contributed by atoms with Gasteiger partial charge in [-0.3, -0.25) is 0 Å². The Morgan fingerprint density at radius 2 is 2.27 bits per heavy atom. The highest BCUT2D eigenvalue weighted by molar-refractivity contribution is 5.14. The van der Waals surface area contributed by atoms with E-state index in [9.17, 15) is 0 Å². The fraction of sp³-hybridized carbons (Fsp3) is 0.667. The Morgan fingerprint density at radius 3 is 2.73 bits per heavy atom. The Bertz CT molecular complexity index is 279. The van der Waals surface area contributed by atoms with E-state index in [-0.39, 0.29) is 0 Å². The van der Waals surface area contributed by atoms with Crippen molar-refractivity contribution >= 4 is 0 Å². The van der Waals surface area contributed by atoms with Gasteiger partial charge in [-0.15, -0.1) is 0 Å². The molecule has 86 valence electrons. The average Bonchev–Trinajstić information content (AvgIpc) is 2.61. The number of nitrogens with two attached hydrogens (primary N) is 1. The Hall–Kier alpha value is -0.800. The van der Waals surface area contributed by atoms with Gasteiger partial charge in [0.05, 0.1) is 6.26 Å². The molecule has 0 aliphatic rings. The lowest BCUT2D eigenvalue weighted by molar-refractivity contribution is 0.266.